The van der Waals surface area contributed by atoms with E-state index < -0.39 is 0 Å². The van der Waals surface area contributed by atoms with Crippen molar-refractivity contribution in [2.45, 2.75) is 45.6 Å². The maximum atomic E-state index is 5.56. The summed E-state index contributed by atoms with van der Waals surface area (Å²) in [7, 11) is 2.25. The molecule has 4 heteroatoms. The molecule has 0 spiro atoms. The van der Waals surface area contributed by atoms with Gasteiger partial charge in [0.2, 0.25) is 0 Å². The van der Waals surface area contributed by atoms with Crippen LogP contribution in [0.2, 0.25) is 0 Å². The zero-order valence-corrected chi connectivity index (χ0v) is 13.9. The van der Waals surface area contributed by atoms with Crippen LogP contribution in [-0.4, -0.2) is 75.4 Å². The van der Waals surface area contributed by atoms with Gasteiger partial charge in [-0.1, -0.05) is 20.3 Å². The van der Waals surface area contributed by atoms with Gasteiger partial charge in [-0.2, -0.15) is 0 Å². The average molecular weight is 285 g/mol. The maximum absolute atomic E-state index is 5.56. The summed E-state index contributed by atoms with van der Waals surface area (Å²) >= 11 is 0. The Morgan fingerprint density at radius 2 is 2.00 bits per heavy atom. The molecule has 4 nitrogen and oxygen atoms in total. The van der Waals surface area contributed by atoms with E-state index in [1.165, 1.54) is 51.9 Å². The van der Waals surface area contributed by atoms with E-state index in [9.17, 15) is 0 Å². The molecule has 0 amide bonds. The van der Waals surface area contributed by atoms with Crippen molar-refractivity contribution in [3.05, 3.63) is 0 Å². The first kappa shape index (κ1) is 17.9. The molecule has 120 valence electrons. The lowest BCUT2D eigenvalue weighted by Gasteiger charge is -2.30. The predicted octanol–water partition coefficient (Wildman–Crippen LogP) is 1.81. The Hall–Kier alpha value is -0.160. The van der Waals surface area contributed by atoms with Gasteiger partial charge in [0, 0.05) is 38.8 Å². The van der Waals surface area contributed by atoms with Crippen LogP contribution in [0.3, 0.4) is 0 Å². The highest BCUT2D eigenvalue weighted by molar-refractivity contribution is 4.78. The van der Waals surface area contributed by atoms with Gasteiger partial charge in [0.15, 0.2) is 0 Å². The topological polar surface area (TPSA) is 27.7 Å². The molecule has 1 fully saturated rings. The molecule has 20 heavy (non-hydrogen) atoms. The van der Waals surface area contributed by atoms with Crippen LogP contribution in [0.1, 0.15) is 39.5 Å². The Morgan fingerprint density at radius 3 is 2.75 bits per heavy atom. The fraction of sp³-hybridized carbons (Fsp3) is 1.00. The number of rotatable bonds is 10. The molecule has 1 aliphatic rings. The van der Waals surface area contributed by atoms with E-state index in [0.29, 0.717) is 0 Å². The summed E-state index contributed by atoms with van der Waals surface area (Å²) < 4.78 is 5.56. The van der Waals surface area contributed by atoms with Crippen LogP contribution in [0.25, 0.3) is 0 Å². The lowest BCUT2D eigenvalue weighted by Crippen LogP contribution is -2.43. The van der Waals surface area contributed by atoms with Crippen molar-refractivity contribution < 1.29 is 4.74 Å². The molecule has 1 N–H and O–H groups in total. The zero-order chi connectivity index (χ0) is 14.6. The van der Waals surface area contributed by atoms with Gasteiger partial charge in [-0.15, -0.1) is 0 Å². The van der Waals surface area contributed by atoms with Gasteiger partial charge in [0.1, 0.15) is 0 Å². The van der Waals surface area contributed by atoms with Crippen molar-refractivity contribution in [2.75, 3.05) is 59.5 Å². The van der Waals surface area contributed by atoms with Crippen LogP contribution in [-0.2, 0) is 4.74 Å². The Labute approximate surface area is 125 Å². The molecule has 0 saturated carbocycles. The number of nitrogens with zero attached hydrogens (tertiary/aromatic N) is 2. The predicted molar refractivity (Wildman–Crippen MR) is 86.4 cm³/mol. The van der Waals surface area contributed by atoms with E-state index in [0.717, 1.165) is 32.3 Å². The molecule has 0 radical (unpaired) electrons. The van der Waals surface area contributed by atoms with Crippen LogP contribution < -0.4 is 5.32 Å². The monoisotopic (exact) mass is 285 g/mol. The van der Waals surface area contributed by atoms with Crippen molar-refractivity contribution in [1.29, 1.82) is 0 Å². The Kier molecular flexibility index (Phi) is 10.3. The molecule has 1 atom stereocenters. The van der Waals surface area contributed by atoms with E-state index in [-0.39, 0.29) is 0 Å². The first-order valence-electron chi connectivity index (χ1n) is 8.49. The van der Waals surface area contributed by atoms with Crippen LogP contribution in [0.5, 0.6) is 0 Å². The van der Waals surface area contributed by atoms with E-state index in [4.69, 9.17) is 4.74 Å². The summed E-state index contributed by atoms with van der Waals surface area (Å²) in [5.41, 5.74) is 0. The summed E-state index contributed by atoms with van der Waals surface area (Å²) in [6.45, 7) is 13.2. The summed E-state index contributed by atoms with van der Waals surface area (Å²) in [4.78, 5) is 5.14. The molecule has 0 aliphatic carbocycles. The van der Waals surface area contributed by atoms with E-state index in [1.54, 1.807) is 0 Å². The highest BCUT2D eigenvalue weighted by Gasteiger charge is 2.20. The minimum atomic E-state index is 0.727. The fourth-order valence-electron chi connectivity index (χ4n) is 2.81. The maximum Gasteiger partial charge on any atom is 0.0590 e. The molecule has 1 unspecified atom stereocenters. The second kappa shape index (κ2) is 11.5. The minimum absolute atomic E-state index is 0.727. The smallest absolute Gasteiger partial charge is 0.0590 e. The third-order valence-electron chi connectivity index (χ3n) is 4.14. The highest BCUT2D eigenvalue weighted by atomic mass is 16.5. The van der Waals surface area contributed by atoms with Gasteiger partial charge in [0.05, 0.1) is 6.61 Å². The van der Waals surface area contributed by atoms with Gasteiger partial charge < -0.3 is 15.0 Å². The standard InChI is InChI=1S/C16H35N3O/c1-4-6-13-20-14-9-17-8-12-19-11-7-10-18(3)15-16(19)5-2/h16-17H,4-15H2,1-3H3. The van der Waals surface area contributed by atoms with Gasteiger partial charge in [-0.05, 0) is 39.4 Å². The molecular weight excluding hydrogens is 250 g/mol. The number of hydrogen-bond donors (Lipinski definition) is 1. The molecule has 0 aromatic rings. The van der Waals surface area contributed by atoms with Crippen molar-refractivity contribution in [3.63, 3.8) is 0 Å². The van der Waals surface area contributed by atoms with Crippen LogP contribution >= 0.6 is 0 Å². The van der Waals surface area contributed by atoms with Crippen molar-refractivity contribution in [3.8, 4) is 0 Å². The van der Waals surface area contributed by atoms with Crippen LogP contribution in [0.15, 0.2) is 0 Å². The summed E-state index contributed by atoms with van der Waals surface area (Å²) in [5, 5.41) is 3.51. The zero-order valence-electron chi connectivity index (χ0n) is 13.9. The van der Waals surface area contributed by atoms with Crippen molar-refractivity contribution in [1.82, 2.24) is 15.1 Å². The number of ether oxygens (including phenoxy) is 1. The summed E-state index contributed by atoms with van der Waals surface area (Å²) in [6.07, 6.45) is 4.95. The number of unbranched alkanes of at least 4 members (excludes halogenated alkanes) is 1. The molecule has 1 aliphatic heterocycles. The van der Waals surface area contributed by atoms with Crippen LogP contribution in [0.4, 0.5) is 0 Å². The first-order valence-corrected chi connectivity index (χ1v) is 8.49. The molecule has 1 saturated heterocycles. The molecule has 0 aromatic heterocycles. The van der Waals surface area contributed by atoms with Gasteiger partial charge in [-0.3, -0.25) is 4.90 Å². The number of nitrogens with one attached hydrogen (secondary N) is 1. The molecule has 0 aromatic carbocycles. The van der Waals surface area contributed by atoms with Crippen molar-refractivity contribution >= 4 is 0 Å². The lowest BCUT2D eigenvalue weighted by molar-refractivity contribution is 0.130. The lowest BCUT2D eigenvalue weighted by atomic mass is 10.2. The Morgan fingerprint density at radius 1 is 1.15 bits per heavy atom. The third-order valence-corrected chi connectivity index (χ3v) is 4.14. The van der Waals surface area contributed by atoms with Gasteiger partial charge in [-0.25, -0.2) is 0 Å². The highest BCUT2D eigenvalue weighted by Crippen LogP contribution is 2.11. The first-order chi connectivity index (χ1) is 9.77. The molecular formula is C16H35N3O. The third kappa shape index (κ3) is 7.58. The molecule has 0 bridgehead atoms. The summed E-state index contributed by atoms with van der Waals surface area (Å²) in [6, 6.07) is 0.727. The second-order valence-electron chi connectivity index (χ2n) is 5.93. The largest absolute Gasteiger partial charge is 0.380 e. The van der Waals surface area contributed by atoms with Gasteiger partial charge in [0.25, 0.3) is 0 Å². The van der Waals surface area contributed by atoms with E-state index in [1.807, 2.05) is 0 Å². The van der Waals surface area contributed by atoms with Crippen LogP contribution in [0, 0.1) is 0 Å². The Bertz CT molecular complexity index is 226. The SMILES string of the molecule is CCCCOCCNCCN1CCCN(C)CC1CC. The second-order valence-corrected chi connectivity index (χ2v) is 5.93. The summed E-state index contributed by atoms with van der Waals surface area (Å²) in [5.74, 6) is 0. The van der Waals surface area contributed by atoms with Gasteiger partial charge >= 0.3 is 0 Å². The molecule has 1 heterocycles. The van der Waals surface area contributed by atoms with E-state index >= 15 is 0 Å². The quantitative estimate of drug-likeness (QED) is 0.620. The minimum Gasteiger partial charge on any atom is -0.380 e. The molecule has 1 rings (SSSR count). The van der Waals surface area contributed by atoms with Crippen molar-refractivity contribution in [2.24, 2.45) is 0 Å². The normalized spacial score (nSPS) is 22.1. The fourth-order valence-corrected chi connectivity index (χ4v) is 2.81. The average Bonchev–Trinajstić information content (AvgIpc) is 2.63. The van der Waals surface area contributed by atoms with E-state index in [2.05, 4.69) is 36.0 Å². The number of likely N-dealkylation sites (N-methyl/N-ethyl adjacent to an activating group) is 1. The number of hydrogen-bond acceptors (Lipinski definition) is 4. The Balaban J connectivity index is 2.07.